The molecule has 6 heteroatoms. The Kier molecular flexibility index (Phi) is 5.53. The predicted octanol–water partition coefficient (Wildman–Crippen LogP) is 2.84. The fourth-order valence-electron chi connectivity index (χ4n) is 3.50. The zero-order valence-corrected chi connectivity index (χ0v) is 15.5. The number of amides is 1. The second-order valence-electron chi connectivity index (χ2n) is 6.86. The van der Waals surface area contributed by atoms with Crippen LogP contribution < -0.4 is 10.1 Å². The highest BCUT2D eigenvalue weighted by Gasteiger charge is 2.26. The molecular weight excluding hydrogens is 348 g/mol. The van der Waals surface area contributed by atoms with Gasteiger partial charge in [-0.1, -0.05) is 18.2 Å². The van der Waals surface area contributed by atoms with Crippen molar-refractivity contribution in [2.45, 2.75) is 19.1 Å². The molecule has 1 amide bonds. The SMILES string of the molecule is O=C(NCCN1Cc2ccccc2OC(c2ccsc2)C1)C1CCOC1. The molecule has 0 bridgehead atoms. The summed E-state index contributed by atoms with van der Waals surface area (Å²) in [6, 6.07) is 10.4. The summed E-state index contributed by atoms with van der Waals surface area (Å²) in [5.74, 6) is 1.09. The van der Waals surface area contributed by atoms with Crippen LogP contribution in [0.1, 0.15) is 23.7 Å². The Morgan fingerprint density at radius 1 is 1.31 bits per heavy atom. The van der Waals surface area contributed by atoms with Crippen LogP contribution in [0.25, 0.3) is 0 Å². The van der Waals surface area contributed by atoms with E-state index in [-0.39, 0.29) is 17.9 Å². The highest BCUT2D eigenvalue weighted by Crippen LogP contribution is 2.31. The lowest BCUT2D eigenvalue weighted by Gasteiger charge is -2.24. The molecule has 1 N–H and O–H groups in total. The van der Waals surface area contributed by atoms with Crippen LogP contribution in [0.5, 0.6) is 5.75 Å². The number of carbonyl (C=O) groups is 1. The van der Waals surface area contributed by atoms with Crippen molar-refractivity contribution < 1.29 is 14.3 Å². The van der Waals surface area contributed by atoms with Crippen LogP contribution in [0.3, 0.4) is 0 Å². The molecule has 1 fully saturated rings. The molecule has 0 spiro atoms. The number of hydrogen-bond acceptors (Lipinski definition) is 5. The Morgan fingerprint density at radius 2 is 2.23 bits per heavy atom. The van der Waals surface area contributed by atoms with Gasteiger partial charge in [-0.3, -0.25) is 9.69 Å². The van der Waals surface area contributed by atoms with Crippen molar-refractivity contribution in [2.24, 2.45) is 5.92 Å². The van der Waals surface area contributed by atoms with E-state index >= 15 is 0 Å². The summed E-state index contributed by atoms with van der Waals surface area (Å²) < 4.78 is 11.6. The van der Waals surface area contributed by atoms with Crippen LogP contribution in [0.4, 0.5) is 0 Å². The summed E-state index contributed by atoms with van der Waals surface area (Å²) >= 11 is 1.69. The first-order chi connectivity index (χ1) is 12.8. The molecular formula is C20H24N2O3S. The molecule has 138 valence electrons. The lowest BCUT2D eigenvalue weighted by atomic mass is 10.1. The number of nitrogens with zero attached hydrogens (tertiary/aromatic N) is 1. The molecule has 3 heterocycles. The minimum Gasteiger partial charge on any atom is -0.484 e. The average molecular weight is 372 g/mol. The molecule has 1 saturated heterocycles. The van der Waals surface area contributed by atoms with Crippen molar-refractivity contribution in [2.75, 3.05) is 32.8 Å². The van der Waals surface area contributed by atoms with Crippen LogP contribution in [0.2, 0.25) is 0 Å². The van der Waals surface area contributed by atoms with Crippen molar-refractivity contribution >= 4 is 17.2 Å². The van der Waals surface area contributed by atoms with E-state index in [1.54, 1.807) is 11.3 Å². The van der Waals surface area contributed by atoms with Gasteiger partial charge in [0.15, 0.2) is 0 Å². The van der Waals surface area contributed by atoms with Crippen LogP contribution in [0.15, 0.2) is 41.1 Å². The standard InChI is InChI=1S/C20H24N2O3S/c23-20(16-5-9-24-13-16)21-7-8-22-11-15-3-1-2-4-18(15)25-19(12-22)17-6-10-26-14-17/h1-4,6,10,14,16,19H,5,7-9,11-13H2,(H,21,23). The number of benzene rings is 1. The third kappa shape index (κ3) is 4.09. The van der Waals surface area contributed by atoms with Gasteiger partial charge >= 0.3 is 0 Å². The molecule has 1 aromatic carbocycles. The molecule has 2 aliphatic heterocycles. The second-order valence-corrected chi connectivity index (χ2v) is 7.64. The van der Waals surface area contributed by atoms with Gasteiger partial charge in [-0.2, -0.15) is 11.3 Å². The lowest BCUT2D eigenvalue weighted by Crippen LogP contribution is -2.38. The van der Waals surface area contributed by atoms with Crippen molar-refractivity contribution in [1.29, 1.82) is 0 Å². The van der Waals surface area contributed by atoms with Crippen molar-refractivity contribution in [3.8, 4) is 5.75 Å². The summed E-state index contributed by atoms with van der Waals surface area (Å²) in [4.78, 5) is 14.5. The van der Waals surface area contributed by atoms with E-state index in [4.69, 9.17) is 9.47 Å². The first-order valence-corrected chi connectivity index (χ1v) is 10.1. The Morgan fingerprint density at radius 3 is 3.04 bits per heavy atom. The summed E-state index contributed by atoms with van der Waals surface area (Å²) in [6.45, 7) is 4.34. The number of carbonyl (C=O) groups excluding carboxylic acids is 1. The summed E-state index contributed by atoms with van der Waals surface area (Å²) in [7, 11) is 0. The van der Waals surface area contributed by atoms with Crippen LogP contribution in [0, 0.1) is 5.92 Å². The largest absolute Gasteiger partial charge is 0.484 e. The molecule has 0 radical (unpaired) electrons. The first-order valence-electron chi connectivity index (χ1n) is 9.14. The molecule has 2 aromatic rings. The molecule has 0 saturated carbocycles. The maximum atomic E-state index is 12.2. The third-order valence-corrected chi connectivity index (χ3v) is 5.70. The van der Waals surface area contributed by atoms with Gasteiger partial charge in [0.05, 0.1) is 12.5 Å². The second kappa shape index (κ2) is 8.20. The predicted molar refractivity (Wildman–Crippen MR) is 101 cm³/mol. The summed E-state index contributed by atoms with van der Waals surface area (Å²) in [5, 5.41) is 7.30. The van der Waals surface area contributed by atoms with Crippen LogP contribution >= 0.6 is 11.3 Å². The molecule has 1 aromatic heterocycles. The monoisotopic (exact) mass is 372 g/mol. The van der Waals surface area contributed by atoms with Gasteiger partial charge in [0, 0.05) is 43.9 Å². The zero-order chi connectivity index (χ0) is 17.8. The van der Waals surface area contributed by atoms with E-state index in [1.165, 1.54) is 11.1 Å². The number of nitrogens with one attached hydrogen (secondary N) is 1. The summed E-state index contributed by atoms with van der Waals surface area (Å²) in [6.07, 6.45) is 0.848. The number of rotatable bonds is 5. The molecule has 4 rings (SSSR count). The minimum absolute atomic E-state index is 0.0155. The van der Waals surface area contributed by atoms with E-state index in [0.717, 1.165) is 31.8 Å². The maximum absolute atomic E-state index is 12.2. The molecule has 2 unspecified atom stereocenters. The topological polar surface area (TPSA) is 50.8 Å². The Hall–Kier alpha value is -1.89. The Balaban J connectivity index is 1.40. The molecule has 5 nitrogen and oxygen atoms in total. The highest BCUT2D eigenvalue weighted by molar-refractivity contribution is 7.07. The quantitative estimate of drug-likeness (QED) is 0.877. The van der Waals surface area contributed by atoms with E-state index in [0.29, 0.717) is 19.8 Å². The number of ether oxygens (including phenoxy) is 2. The fourth-order valence-corrected chi connectivity index (χ4v) is 4.21. The molecule has 0 aliphatic carbocycles. The van der Waals surface area contributed by atoms with Crippen molar-refractivity contribution in [3.05, 3.63) is 52.2 Å². The van der Waals surface area contributed by atoms with Gasteiger partial charge in [-0.15, -0.1) is 0 Å². The van der Waals surface area contributed by atoms with Crippen LogP contribution in [-0.2, 0) is 16.1 Å². The van der Waals surface area contributed by atoms with E-state index in [9.17, 15) is 4.79 Å². The molecule has 2 atom stereocenters. The normalized spacial score (nSPS) is 23.1. The van der Waals surface area contributed by atoms with E-state index < -0.39 is 0 Å². The zero-order valence-electron chi connectivity index (χ0n) is 14.7. The Bertz CT molecular complexity index is 728. The van der Waals surface area contributed by atoms with Gasteiger partial charge in [-0.05, 0) is 29.3 Å². The number of thiophene rings is 1. The molecule has 2 aliphatic rings. The minimum atomic E-state index is 0.0155. The fraction of sp³-hybridized carbons (Fsp3) is 0.450. The smallest absolute Gasteiger partial charge is 0.225 e. The average Bonchev–Trinajstić information content (AvgIpc) is 3.33. The van der Waals surface area contributed by atoms with Crippen LogP contribution in [-0.4, -0.2) is 43.7 Å². The maximum Gasteiger partial charge on any atom is 0.225 e. The van der Waals surface area contributed by atoms with E-state index in [2.05, 4.69) is 33.1 Å². The van der Waals surface area contributed by atoms with Crippen molar-refractivity contribution in [3.63, 3.8) is 0 Å². The number of para-hydroxylation sites is 1. The van der Waals surface area contributed by atoms with Gasteiger partial charge < -0.3 is 14.8 Å². The Labute approximate surface area is 157 Å². The van der Waals surface area contributed by atoms with Crippen molar-refractivity contribution in [1.82, 2.24) is 10.2 Å². The molecule has 26 heavy (non-hydrogen) atoms. The summed E-state index contributed by atoms with van der Waals surface area (Å²) in [5.41, 5.74) is 2.41. The van der Waals surface area contributed by atoms with Gasteiger partial charge in [-0.25, -0.2) is 0 Å². The van der Waals surface area contributed by atoms with E-state index in [1.807, 2.05) is 18.2 Å². The first kappa shape index (κ1) is 17.5. The number of hydrogen-bond donors (Lipinski definition) is 1. The lowest BCUT2D eigenvalue weighted by molar-refractivity contribution is -0.125. The number of fused-ring (bicyclic) bond motifs is 1. The van der Waals surface area contributed by atoms with Gasteiger partial charge in [0.25, 0.3) is 0 Å². The van der Waals surface area contributed by atoms with Gasteiger partial charge in [0.2, 0.25) is 5.91 Å². The highest BCUT2D eigenvalue weighted by atomic mass is 32.1. The van der Waals surface area contributed by atoms with Gasteiger partial charge in [0.1, 0.15) is 11.9 Å². The third-order valence-electron chi connectivity index (χ3n) is 5.00.